The van der Waals surface area contributed by atoms with Gasteiger partial charge in [0.25, 0.3) is 0 Å². The number of benzene rings is 2. The fourth-order valence-corrected chi connectivity index (χ4v) is 2.84. The molecule has 0 aliphatic carbocycles. The zero-order valence-corrected chi connectivity index (χ0v) is 14.2. The smallest absolute Gasteiger partial charge is 0.161 e. The molecule has 0 saturated carbocycles. The molecule has 124 valence electrons. The zero-order valence-electron chi connectivity index (χ0n) is 14.2. The summed E-state index contributed by atoms with van der Waals surface area (Å²) in [5.74, 6) is 2.76. The summed E-state index contributed by atoms with van der Waals surface area (Å²) in [5, 5.41) is 4.02. The Labute approximate surface area is 140 Å². The minimum Gasteiger partial charge on any atom is -0.493 e. The van der Waals surface area contributed by atoms with Crippen LogP contribution in [-0.4, -0.2) is 31.2 Å². The lowest BCUT2D eigenvalue weighted by Gasteiger charge is -2.15. The van der Waals surface area contributed by atoms with Crippen molar-refractivity contribution in [2.75, 3.05) is 32.3 Å². The molecule has 0 aliphatic rings. The van der Waals surface area contributed by atoms with Crippen LogP contribution in [0, 0.1) is 6.92 Å². The maximum Gasteiger partial charge on any atom is 0.161 e. The summed E-state index contributed by atoms with van der Waals surface area (Å²) >= 11 is 0. The zero-order chi connectivity index (χ0) is 17.3. The van der Waals surface area contributed by atoms with E-state index in [9.17, 15) is 0 Å². The van der Waals surface area contributed by atoms with Crippen LogP contribution in [0.3, 0.4) is 0 Å². The molecular formula is C18H20N4O2. The third-order valence-electron chi connectivity index (χ3n) is 3.92. The molecule has 0 aliphatic heterocycles. The first kappa shape index (κ1) is 15.9. The summed E-state index contributed by atoms with van der Waals surface area (Å²) in [6.45, 7) is 1.87. The number of nitrogen functional groups attached to an aromatic ring is 1. The van der Waals surface area contributed by atoms with Crippen molar-refractivity contribution in [1.29, 1.82) is 0 Å². The highest BCUT2D eigenvalue weighted by atomic mass is 16.5. The lowest BCUT2D eigenvalue weighted by atomic mass is 9.98. The van der Waals surface area contributed by atoms with Crippen molar-refractivity contribution in [2.24, 2.45) is 0 Å². The van der Waals surface area contributed by atoms with Crippen molar-refractivity contribution in [3.8, 4) is 22.6 Å². The molecule has 0 fully saturated rings. The van der Waals surface area contributed by atoms with Crippen molar-refractivity contribution in [1.82, 2.24) is 9.97 Å². The van der Waals surface area contributed by atoms with Gasteiger partial charge in [-0.3, -0.25) is 0 Å². The lowest BCUT2D eigenvalue weighted by Crippen LogP contribution is -2.02. The second kappa shape index (κ2) is 6.23. The van der Waals surface area contributed by atoms with E-state index in [0.29, 0.717) is 23.0 Å². The Hall–Kier alpha value is -3.02. The predicted molar refractivity (Wildman–Crippen MR) is 96.8 cm³/mol. The van der Waals surface area contributed by atoms with Crippen LogP contribution in [0.25, 0.3) is 22.0 Å². The van der Waals surface area contributed by atoms with Crippen molar-refractivity contribution in [2.45, 2.75) is 6.92 Å². The SMILES string of the molecule is CNc1nc(C)nc2ccc(N)c(-c3ccc(OC)c(OC)c3)c12. The predicted octanol–water partition coefficient (Wildman–Crippen LogP) is 3.25. The van der Waals surface area contributed by atoms with Gasteiger partial charge >= 0.3 is 0 Å². The monoisotopic (exact) mass is 324 g/mol. The normalized spacial score (nSPS) is 10.7. The maximum atomic E-state index is 6.29. The van der Waals surface area contributed by atoms with Crippen LogP contribution in [0.1, 0.15) is 5.82 Å². The number of nitrogens with zero attached hydrogens (tertiary/aromatic N) is 2. The van der Waals surface area contributed by atoms with Crippen LogP contribution < -0.4 is 20.5 Å². The Morgan fingerprint density at radius 3 is 2.42 bits per heavy atom. The van der Waals surface area contributed by atoms with E-state index in [1.807, 2.05) is 44.3 Å². The van der Waals surface area contributed by atoms with E-state index in [2.05, 4.69) is 15.3 Å². The molecule has 2 aromatic carbocycles. The van der Waals surface area contributed by atoms with E-state index in [0.717, 1.165) is 27.8 Å². The number of aryl methyl sites for hydroxylation is 1. The largest absolute Gasteiger partial charge is 0.493 e. The molecule has 0 bridgehead atoms. The fourth-order valence-electron chi connectivity index (χ4n) is 2.84. The first-order valence-corrected chi connectivity index (χ1v) is 7.56. The summed E-state index contributed by atoms with van der Waals surface area (Å²) in [6.07, 6.45) is 0. The number of nitrogens with one attached hydrogen (secondary N) is 1. The number of aromatic nitrogens is 2. The number of ether oxygens (including phenoxy) is 2. The van der Waals surface area contributed by atoms with E-state index in [1.54, 1.807) is 14.2 Å². The number of methoxy groups -OCH3 is 2. The van der Waals surface area contributed by atoms with Crippen LogP contribution in [-0.2, 0) is 0 Å². The van der Waals surface area contributed by atoms with Crippen LogP contribution >= 0.6 is 0 Å². The Morgan fingerprint density at radius 2 is 1.75 bits per heavy atom. The van der Waals surface area contributed by atoms with E-state index in [-0.39, 0.29) is 0 Å². The minimum absolute atomic E-state index is 0.644. The standard InChI is InChI=1S/C18H20N4O2/c1-10-21-13-7-6-12(19)16(17(13)18(20-2)22-10)11-5-8-14(23-3)15(9-11)24-4/h5-9H,19H2,1-4H3,(H,20,21,22). The molecule has 0 spiro atoms. The quantitative estimate of drug-likeness (QED) is 0.717. The molecule has 0 amide bonds. The minimum atomic E-state index is 0.644. The molecule has 24 heavy (non-hydrogen) atoms. The summed E-state index contributed by atoms with van der Waals surface area (Å²) in [5.41, 5.74) is 9.57. The molecule has 6 heteroatoms. The van der Waals surface area contributed by atoms with Crippen LogP contribution in [0.15, 0.2) is 30.3 Å². The second-order valence-corrected chi connectivity index (χ2v) is 5.36. The number of hydrogen-bond acceptors (Lipinski definition) is 6. The highest BCUT2D eigenvalue weighted by molar-refractivity contribution is 6.06. The number of rotatable bonds is 4. The van der Waals surface area contributed by atoms with Gasteiger partial charge in [-0.15, -0.1) is 0 Å². The van der Waals surface area contributed by atoms with E-state index in [4.69, 9.17) is 15.2 Å². The number of nitrogens with two attached hydrogens (primary N) is 1. The number of fused-ring (bicyclic) bond motifs is 1. The van der Waals surface area contributed by atoms with E-state index >= 15 is 0 Å². The molecule has 1 heterocycles. The molecule has 0 radical (unpaired) electrons. The second-order valence-electron chi connectivity index (χ2n) is 5.36. The molecule has 1 aromatic heterocycles. The summed E-state index contributed by atoms with van der Waals surface area (Å²) in [6, 6.07) is 9.49. The molecule has 0 saturated heterocycles. The van der Waals surface area contributed by atoms with Gasteiger partial charge in [-0.1, -0.05) is 6.07 Å². The third kappa shape index (κ3) is 2.56. The first-order chi connectivity index (χ1) is 11.6. The highest BCUT2D eigenvalue weighted by Crippen LogP contribution is 2.40. The summed E-state index contributed by atoms with van der Waals surface area (Å²) in [4.78, 5) is 9.01. The van der Waals surface area contributed by atoms with Crippen LogP contribution in [0.2, 0.25) is 0 Å². The highest BCUT2D eigenvalue weighted by Gasteiger charge is 2.16. The Bertz CT molecular complexity index is 909. The fraction of sp³-hybridized carbons (Fsp3) is 0.222. The van der Waals surface area contributed by atoms with Crippen molar-refractivity contribution < 1.29 is 9.47 Å². The van der Waals surface area contributed by atoms with Crippen LogP contribution in [0.5, 0.6) is 11.5 Å². The molecule has 3 N–H and O–H groups in total. The van der Waals surface area contributed by atoms with Gasteiger partial charge in [0.1, 0.15) is 11.6 Å². The average molecular weight is 324 g/mol. The lowest BCUT2D eigenvalue weighted by molar-refractivity contribution is 0.355. The van der Waals surface area contributed by atoms with Gasteiger partial charge < -0.3 is 20.5 Å². The van der Waals surface area contributed by atoms with Crippen molar-refractivity contribution in [3.05, 3.63) is 36.2 Å². The molecule has 0 atom stereocenters. The van der Waals surface area contributed by atoms with E-state index in [1.165, 1.54) is 0 Å². The Kier molecular flexibility index (Phi) is 4.12. The molecule has 6 nitrogen and oxygen atoms in total. The van der Waals surface area contributed by atoms with Gasteiger partial charge in [-0.05, 0) is 36.8 Å². The summed E-state index contributed by atoms with van der Waals surface area (Å²) < 4.78 is 10.7. The Morgan fingerprint density at radius 1 is 1.00 bits per heavy atom. The first-order valence-electron chi connectivity index (χ1n) is 7.56. The van der Waals surface area contributed by atoms with Crippen molar-refractivity contribution >= 4 is 22.4 Å². The molecular weight excluding hydrogens is 304 g/mol. The summed E-state index contributed by atoms with van der Waals surface area (Å²) in [7, 11) is 5.06. The van der Waals surface area contributed by atoms with Crippen LogP contribution in [0.4, 0.5) is 11.5 Å². The van der Waals surface area contributed by atoms with Gasteiger partial charge in [0.15, 0.2) is 11.5 Å². The maximum absolute atomic E-state index is 6.29. The third-order valence-corrected chi connectivity index (χ3v) is 3.92. The van der Waals surface area contributed by atoms with E-state index < -0.39 is 0 Å². The van der Waals surface area contributed by atoms with Gasteiger partial charge in [-0.25, -0.2) is 9.97 Å². The Balaban J connectivity index is 2.35. The van der Waals surface area contributed by atoms with Gasteiger partial charge in [-0.2, -0.15) is 0 Å². The number of hydrogen-bond donors (Lipinski definition) is 2. The van der Waals surface area contributed by atoms with Crippen molar-refractivity contribution in [3.63, 3.8) is 0 Å². The van der Waals surface area contributed by atoms with Gasteiger partial charge in [0, 0.05) is 18.3 Å². The molecule has 0 unspecified atom stereocenters. The van der Waals surface area contributed by atoms with Gasteiger partial charge in [0.2, 0.25) is 0 Å². The molecule has 3 aromatic rings. The molecule has 3 rings (SSSR count). The van der Waals surface area contributed by atoms with Gasteiger partial charge in [0.05, 0.1) is 25.1 Å². The average Bonchev–Trinajstić information content (AvgIpc) is 2.60. The number of anilines is 2. The topological polar surface area (TPSA) is 82.3 Å².